The first-order valence-corrected chi connectivity index (χ1v) is 13.3. The summed E-state index contributed by atoms with van der Waals surface area (Å²) in [6.07, 6.45) is 2.70. The van der Waals surface area contributed by atoms with Crippen molar-refractivity contribution in [2.45, 2.75) is 37.4 Å². The molecule has 2 fully saturated rings. The fourth-order valence-electron chi connectivity index (χ4n) is 4.14. The number of anilines is 2. The summed E-state index contributed by atoms with van der Waals surface area (Å²) in [7, 11) is -2.86. The Balaban J connectivity index is 1.37. The van der Waals surface area contributed by atoms with Gasteiger partial charge in [0.05, 0.1) is 5.02 Å². The van der Waals surface area contributed by atoms with Crippen LogP contribution in [0.25, 0.3) is 0 Å². The van der Waals surface area contributed by atoms with Gasteiger partial charge in [-0.2, -0.15) is 17.4 Å². The second kappa shape index (κ2) is 10.8. The van der Waals surface area contributed by atoms with Crippen molar-refractivity contribution in [1.29, 1.82) is 0 Å². The molecule has 2 aliphatic rings. The Morgan fingerprint density at radius 1 is 1.17 bits per heavy atom. The first kappa shape index (κ1) is 26.5. The number of aromatic nitrogens is 2. The van der Waals surface area contributed by atoms with E-state index in [1.807, 2.05) is 4.90 Å². The maximum Gasteiger partial charge on any atom is 0.280 e. The molecule has 2 unspecified atom stereocenters. The van der Waals surface area contributed by atoms with Crippen molar-refractivity contribution in [3.63, 3.8) is 0 Å². The van der Waals surface area contributed by atoms with E-state index >= 15 is 0 Å². The van der Waals surface area contributed by atoms with Crippen molar-refractivity contribution >= 4 is 56.7 Å². The summed E-state index contributed by atoms with van der Waals surface area (Å²) in [4.78, 5) is 35.9. The zero-order valence-corrected chi connectivity index (χ0v) is 21.4. The van der Waals surface area contributed by atoms with Gasteiger partial charge in [0, 0.05) is 38.1 Å². The predicted molar refractivity (Wildman–Crippen MR) is 132 cm³/mol. The van der Waals surface area contributed by atoms with Gasteiger partial charge in [0.25, 0.3) is 10.2 Å². The standard InChI is InChI=1S/C21H24Cl2FN7O4S/c1-30-17(20(33)27-13-2-3-15(24)14(22)10-13)11-16(29-36(30,34)35)19(32)26-12-5-8-31(9-6-12)18-4-7-25-21(23)28-18/h2-4,7,10,12,16-17,29H,5-6,8-9,11H2,1H3,(H,26,32)(H,27,33). The number of hydrogen-bond donors (Lipinski definition) is 3. The van der Waals surface area contributed by atoms with Crippen LogP contribution in [0.15, 0.2) is 30.5 Å². The molecule has 3 heterocycles. The van der Waals surface area contributed by atoms with Crippen molar-refractivity contribution in [1.82, 2.24) is 24.3 Å². The summed E-state index contributed by atoms with van der Waals surface area (Å²) in [5.74, 6) is -1.14. The molecular weight excluding hydrogens is 536 g/mol. The molecule has 4 rings (SSSR count). The number of benzene rings is 1. The number of nitrogens with one attached hydrogen (secondary N) is 3. The molecule has 0 bridgehead atoms. The van der Waals surface area contributed by atoms with Gasteiger partial charge in [-0.3, -0.25) is 9.59 Å². The largest absolute Gasteiger partial charge is 0.356 e. The third kappa shape index (κ3) is 6.03. The summed E-state index contributed by atoms with van der Waals surface area (Å²) in [6, 6.07) is 2.88. The number of hydrogen-bond acceptors (Lipinski definition) is 7. The van der Waals surface area contributed by atoms with E-state index in [0.717, 1.165) is 10.4 Å². The topological polar surface area (TPSA) is 137 Å². The van der Waals surface area contributed by atoms with Gasteiger partial charge < -0.3 is 15.5 Å². The van der Waals surface area contributed by atoms with Crippen molar-refractivity contribution in [3.8, 4) is 0 Å². The number of carbonyl (C=O) groups excluding carboxylic acids is 2. The van der Waals surface area contributed by atoms with Gasteiger partial charge in [-0.05, 0) is 55.1 Å². The Morgan fingerprint density at radius 3 is 2.56 bits per heavy atom. The SMILES string of the molecule is CN1C(C(=O)Nc2ccc(F)c(Cl)c2)CC(C(=O)NC2CCN(c3ccnc(Cl)n3)CC2)NS1(=O)=O. The number of rotatable bonds is 5. The fourth-order valence-corrected chi connectivity index (χ4v) is 5.71. The molecule has 0 radical (unpaired) electrons. The molecule has 2 aromatic rings. The third-order valence-electron chi connectivity index (χ3n) is 6.15. The van der Waals surface area contributed by atoms with E-state index in [4.69, 9.17) is 23.2 Å². The summed E-state index contributed by atoms with van der Waals surface area (Å²) in [5, 5.41) is 5.38. The molecular formula is C21H24Cl2FN7O4S. The molecule has 11 nitrogen and oxygen atoms in total. The molecule has 0 aliphatic carbocycles. The van der Waals surface area contributed by atoms with E-state index < -0.39 is 39.9 Å². The molecule has 1 aromatic carbocycles. The highest BCUT2D eigenvalue weighted by Crippen LogP contribution is 2.23. The van der Waals surface area contributed by atoms with Gasteiger partial charge in [0.15, 0.2) is 0 Å². The van der Waals surface area contributed by atoms with Crippen molar-refractivity contribution in [3.05, 3.63) is 46.6 Å². The second-order valence-electron chi connectivity index (χ2n) is 8.52. The average molecular weight is 560 g/mol. The van der Waals surface area contributed by atoms with Crippen LogP contribution in [-0.2, 0) is 19.8 Å². The van der Waals surface area contributed by atoms with Crippen LogP contribution in [0.5, 0.6) is 0 Å². The Kier molecular flexibility index (Phi) is 7.95. The molecule has 3 N–H and O–H groups in total. The molecule has 36 heavy (non-hydrogen) atoms. The molecule has 2 aliphatic heterocycles. The van der Waals surface area contributed by atoms with E-state index in [2.05, 4.69) is 25.3 Å². The van der Waals surface area contributed by atoms with E-state index in [1.165, 1.54) is 19.2 Å². The molecule has 2 amide bonds. The molecule has 2 saturated heterocycles. The summed E-state index contributed by atoms with van der Waals surface area (Å²) >= 11 is 11.6. The van der Waals surface area contributed by atoms with Crippen LogP contribution in [0, 0.1) is 5.82 Å². The van der Waals surface area contributed by atoms with Gasteiger partial charge in [0.1, 0.15) is 23.7 Å². The molecule has 1 aromatic heterocycles. The molecule has 194 valence electrons. The van der Waals surface area contributed by atoms with E-state index in [0.29, 0.717) is 31.7 Å². The van der Waals surface area contributed by atoms with Crippen LogP contribution < -0.4 is 20.3 Å². The first-order valence-electron chi connectivity index (χ1n) is 11.1. The minimum atomic E-state index is -4.11. The summed E-state index contributed by atoms with van der Waals surface area (Å²) in [6.45, 7) is 1.23. The maximum absolute atomic E-state index is 13.4. The van der Waals surface area contributed by atoms with Crippen molar-refractivity contribution in [2.75, 3.05) is 30.4 Å². The van der Waals surface area contributed by atoms with Gasteiger partial charge >= 0.3 is 0 Å². The van der Waals surface area contributed by atoms with Crippen molar-refractivity contribution in [2.24, 2.45) is 0 Å². The lowest BCUT2D eigenvalue weighted by Crippen LogP contribution is -2.63. The zero-order chi connectivity index (χ0) is 26.0. The molecule has 2 atom stereocenters. The normalized spacial score (nSPS) is 22.7. The van der Waals surface area contributed by atoms with Gasteiger partial charge in [0.2, 0.25) is 17.1 Å². The smallest absolute Gasteiger partial charge is 0.280 e. The Hall–Kier alpha value is -2.58. The van der Waals surface area contributed by atoms with Gasteiger partial charge in [-0.25, -0.2) is 14.4 Å². The Bertz CT molecular complexity index is 1260. The number of likely N-dealkylation sites (N-methyl/N-ethyl adjacent to an activating group) is 1. The second-order valence-corrected chi connectivity index (χ2v) is 11.0. The van der Waals surface area contributed by atoms with Crippen LogP contribution in [0.1, 0.15) is 19.3 Å². The van der Waals surface area contributed by atoms with Crippen LogP contribution in [0.4, 0.5) is 15.9 Å². The highest BCUT2D eigenvalue weighted by molar-refractivity contribution is 7.87. The Labute approximate surface area is 217 Å². The number of amides is 2. The lowest BCUT2D eigenvalue weighted by atomic mass is 10.0. The van der Waals surface area contributed by atoms with E-state index in [-0.39, 0.29) is 28.5 Å². The number of piperidine rings is 1. The van der Waals surface area contributed by atoms with Gasteiger partial charge in [-0.15, -0.1) is 0 Å². The highest BCUT2D eigenvalue weighted by atomic mass is 35.5. The van der Waals surface area contributed by atoms with E-state index in [9.17, 15) is 22.4 Å². The van der Waals surface area contributed by atoms with Crippen LogP contribution >= 0.6 is 23.2 Å². The number of carbonyl (C=O) groups is 2. The summed E-state index contributed by atoms with van der Waals surface area (Å²) < 4.78 is 41.9. The minimum absolute atomic E-state index is 0.0966. The monoisotopic (exact) mass is 559 g/mol. The number of halogens is 3. The lowest BCUT2D eigenvalue weighted by molar-refractivity contribution is -0.125. The van der Waals surface area contributed by atoms with Gasteiger partial charge in [-0.1, -0.05) is 11.6 Å². The lowest BCUT2D eigenvalue weighted by Gasteiger charge is -2.37. The highest BCUT2D eigenvalue weighted by Gasteiger charge is 2.43. The Morgan fingerprint density at radius 2 is 1.89 bits per heavy atom. The fraction of sp³-hybridized carbons (Fsp3) is 0.429. The maximum atomic E-state index is 13.4. The predicted octanol–water partition coefficient (Wildman–Crippen LogP) is 1.55. The van der Waals surface area contributed by atoms with Crippen LogP contribution in [-0.4, -0.2) is 72.8 Å². The van der Waals surface area contributed by atoms with Crippen LogP contribution in [0.3, 0.4) is 0 Å². The minimum Gasteiger partial charge on any atom is -0.356 e. The summed E-state index contributed by atoms with van der Waals surface area (Å²) in [5.41, 5.74) is 0.202. The quantitative estimate of drug-likeness (QED) is 0.472. The molecule has 0 spiro atoms. The zero-order valence-electron chi connectivity index (χ0n) is 19.1. The number of nitrogens with zero attached hydrogens (tertiary/aromatic N) is 4. The van der Waals surface area contributed by atoms with Crippen LogP contribution in [0.2, 0.25) is 10.3 Å². The van der Waals surface area contributed by atoms with E-state index in [1.54, 1.807) is 12.3 Å². The first-order chi connectivity index (χ1) is 17.0. The average Bonchev–Trinajstić information content (AvgIpc) is 2.83. The molecule has 15 heteroatoms. The third-order valence-corrected chi connectivity index (χ3v) is 8.22. The molecule has 0 saturated carbocycles. The van der Waals surface area contributed by atoms with Crippen molar-refractivity contribution < 1.29 is 22.4 Å².